The molecule has 0 radical (unpaired) electrons. The molecule has 1 heterocycles. The largest absolute Gasteiger partial charge is 0.358 e. The molecule has 0 spiro atoms. The first-order chi connectivity index (χ1) is 11.6. The van der Waals surface area contributed by atoms with Gasteiger partial charge in [-0.25, -0.2) is 4.39 Å². The van der Waals surface area contributed by atoms with Crippen LogP contribution in [0.4, 0.5) is 10.1 Å². The Labute approximate surface area is 145 Å². The molecule has 4 heteroatoms. The van der Waals surface area contributed by atoms with Crippen LogP contribution in [-0.4, -0.2) is 5.78 Å². The molecule has 0 saturated heterocycles. The van der Waals surface area contributed by atoms with Gasteiger partial charge in [0.1, 0.15) is 5.82 Å². The van der Waals surface area contributed by atoms with E-state index in [0.717, 1.165) is 33.8 Å². The van der Waals surface area contributed by atoms with Gasteiger partial charge < -0.3 is 5.32 Å². The number of anilines is 1. The van der Waals surface area contributed by atoms with Gasteiger partial charge in [0.2, 0.25) is 0 Å². The second-order valence-electron chi connectivity index (χ2n) is 6.50. The molecule has 0 unspecified atom stereocenters. The number of rotatable bonds is 1. The molecule has 1 aliphatic heterocycles. The molecule has 4 rings (SSSR count). The van der Waals surface area contributed by atoms with Crippen molar-refractivity contribution in [3.63, 3.8) is 0 Å². The SMILES string of the molecule is C[C@H]1CC(=O)C2=C(C1)Nc1ccccc1S[C@@H]2c1ccc(F)cc1. The van der Waals surface area contributed by atoms with Gasteiger partial charge in [0.15, 0.2) is 5.78 Å². The number of ketones is 1. The summed E-state index contributed by atoms with van der Waals surface area (Å²) in [6, 6.07) is 14.6. The van der Waals surface area contributed by atoms with Crippen molar-refractivity contribution in [2.24, 2.45) is 5.92 Å². The molecule has 2 nitrogen and oxygen atoms in total. The fourth-order valence-electron chi connectivity index (χ4n) is 3.44. The summed E-state index contributed by atoms with van der Waals surface area (Å²) < 4.78 is 13.3. The average molecular weight is 339 g/mol. The molecule has 2 aliphatic rings. The lowest BCUT2D eigenvalue weighted by Crippen LogP contribution is -2.23. The average Bonchev–Trinajstić information content (AvgIpc) is 2.72. The summed E-state index contributed by atoms with van der Waals surface area (Å²) in [6.45, 7) is 2.11. The van der Waals surface area contributed by atoms with Crippen LogP contribution in [-0.2, 0) is 4.79 Å². The summed E-state index contributed by atoms with van der Waals surface area (Å²) in [4.78, 5) is 13.9. The topological polar surface area (TPSA) is 29.1 Å². The second kappa shape index (κ2) is 6.10. The molecular weight excluding hydrogens is 321 g/mol. The van der Waals surface area contributed by atoms with Crippen LogP contribution in [0.15, 0.2) is 64.7 Å². The van der Waals surface area contributed by atoms with Crippen LogP contribution >= 0.6 is 11.8 Å². The van der Waals surface area contributed by atoms with Crippen molar-refractivity contribution in [1.82, 2.24) is 0 Å². The Hall–Kier alpha value is -2.07. The quantitative estimate of drug-likeness (QED) is 0.760. The Kier molecular flexibility index (Phi) is 3.93. The summed E-state index contributed by atoms with van der Waals surface area (Å²) in [5.74, 6) is 0.285. The van der Waals surface area contributed by atoms with E-state index in [-0.39, 0.29) is 16.9 Å². The van der Waals surface area contributed by atoms with Gasteiger partial charge in [0, 0.05) is 22.6 Å². The molecule has 2 aromatic rings. The van der Waals surface area contributed by atoms with E-state index in [4.69, 9.17) is 0 Å². The maximum atomic E-state index is 13.3. The molecule has 0 fully saturated rings. The number of carbonyl (C=O) groups is 1. The molecule has 0 aromatic heterocycles. The van der Waals surface area contributed by atoms with Crippen molar-refractivity contribution in [2.45, 2.75) is 29.9 Å². The summed E-state index contributed by atoms with van der Waals surface area (Å²) in [5, 5.41) is 3.40. The molecule has 122 valence electrons. The number of para-hydroxylation sites is 1. The smallest absolute Gasteiger partial charge is 0.162 e. The van der Waals surface area contributed by atoms with E-state index in [1.165, 1.54) is 12.1 Å². The van der Waals surface area contributed by atoms with E-state index in [1.54, 1.807) is 23.9 Å². The van der Waals surface area contributed by atoms with Crippen molar-refractivity contribution in [3.05, 3.63) is 71.2 Å². The van der Waals surface area contributed by atoms with E-state index < -0.39 is 0 Å². The van der Waals surface area contributed by atoms with Crippen molar-refractivity contribution in [2.75, 3.05) is 5.32 Å². The summed E-state index contributed by atoms with van der Waals surface area (Å²) >= 11 is 1.66. The van der Waals surface area contributed by atoms with E-state index in [9.17, 15) is 9.18 Å². The van der Waals surface area contributed by atoms with Crippen LogP contribution in [0, 0.1) is 11.7 Å². The summed E-state index contributed by atoms with van der Waals surface area (Å²) in [6.07, 6.45) is 1.45. The number of fused-ring (bicyclic) bond motifs is 1. The molecule has 2 aromatic carbocycles. The van der Waals surface area contributed by atoms with Gasteiger partial charge >= 0.3 is 0 Å². The van der Waals surface area contributed by atoms with Gasteiger partial charge in [0.25, 0.3) is 0 Å². The van der Waals surface area contributed by atoms with E-state index in [0.29, 0.717) is 12.3 Å². The number of nitrogens with one attached hydrogen (secondary N) is 1. The van der Waals surface area contributed by atoms with Crippen molar-refractivity contribution in [3.8, 4) is 0 Å². The molecule has 0 bridgehead atoms. The first-order valence-corrected chi connectivity index (χ1v) is 9.04. The minimum Gasteiger partial charge on any atom is -0.358 e. The maximum absolute atomic E-state index is 13.3. The number of thioether (sulfide) groups is 1. The minimum atomic E-state index is -0.256. The number of Topliss-reactive ketones (excluding diaryl/α,β-unsaturated/α-hetero) is 1. The first-order valence-electron chi connectivity index (χ1n) is 8.16. The molecular formula is C20H18FNOS. The molecule has 1 aliphatic carbocycles. The molecule has 0 saturated carbocycles. The highest BCUT2D eigenvalue weighted by molar-refractivity contribution is 8.00. The second-order valence-corrected chi connectivity index (χ2v) is 7.65. The molecule has 24 heavy (non-hydrogen) atoms. The minimum absolute atomic E-state index is 0.100. The van der Waals surface area contributed by atoms with Gasteiger partial charge in [0.05, 0.1) is 10.9 Å². The molecule has 2 atom stereocenters. The first kappa shape index (κ1) is 15.5. The van der Waals surface area contributed by atoms with Crippen LogP contribution in [0.1, 0.15) is 30.6 Å². The van der Waals surface area contributed by atoms with E-state index in [1.807, 2.05) is 18.2 Å². The van der Waals surface area contributed by atoms with Crippen LogP contribution in [0.3, 0.4) is 0 Å². The zero-order valence-corrected chi connectivity index (χ0v) is 14.2. The number of benzene rings is 2. The zero-order chi connectivity index (χ0) is 16.7. The van der Waals surface area contributed by atoms with Crippen molar-refractivity contribution >= 4 is 23.2 Å². The van der Waals surface area contributed by atoms with Gasteiger partial charge in [-0.2, -0.15) is 0 Å². The van der Waals surface area contributed by atoms with Crippen molar-refractivity contribution in [1.29, 1.82) is 0 Å². The molecule has 0 amide bonds. The predicted octanol–water partition coefficient (Wildman–Crippen LogP) is 5.34. The standard InChI is InChI=1S/C20H18FNOS/c1-12-10-16-19(17(23)11-12)20(13-6-8-14(21)9-7-13)24-18-5-3-2-4-15(18)22-16/h2-9,12,20,22H,10-11H2,1H3/t12-,20-/m1/s1. The number of halogens is 1. The Balaban J connectivity index is 1.87. The summed E-state index contributed by atoms with van der Waals surface area (Å²) in [5.41, 5.74) is 3.88. The lowest BCUT2D eigenvalue weighted by Gasteiger charge is -2.27. The third-order valence-corrected chi connectivity index (χ3v) is 5.92. The highest BCUT2D eigenvalue weighted by Gasteiger charge is 2.34. The Morgan fingerprint density at radius 3 is 2.62 bits per heavy atom. The lowest BCUT2D eigenvalue weighted by molar-refractivity contribution is -0.116. The number of hydrogen-bond acceptors (Lipinski definition) is 3. The van der Waals surface area contributed by atoms with Crippen LogP contribution in [0.25, 0.3) is 0 Å². The third-order valence-electron chi connectivity index (χ3n) is 4.56. The monoisotopic (exact) mass is 339 g/mol. The highest BCUT2D eigenvalue weighted by atomic mass is 32.2. The Morgan fingerprint density at radius 2 is 1.83 bits per heavy atom. The predicted molar refractivity (Wildman–Crippen MR) is 95.5 cm³/mol. The van der Waals surface area contributed by atoms with Crippen LogP contribution in [0.5, 0.6) is 0 Å². The van der Waals surface area contributed by atoms with E-state index in [2.05, 4.69) is 18.3 Å². The number of carbonyl (C=O) groups excluding carboxylic acids is 1. The van der Waals surface area contributed by atoms with Gasteiger partial charge in [-0.05, 0) is 42.2 Å². The van der Waals surface area contributed by atoms with Crippen molar-refractivity contribution < 1.29 is 9.18 Å². The van der Waals surface area contributed by atoms with Gasteiger partial charge in [-0.1, -0.05) is 31.2 Å². The van der Waals surface area contributed by atoms with Gasteiger partial charge in [-0.15, -0.1) is 11.8 Å². The normalized spacial score (nSPS) is 23.2. The Morgan fingerprint density at radius 1 is 1.08 bits per heavy atom. The maximum Gasteiger partial charge on any atom is 0.162 e. The van der Waals surface area contributed by atoms with Crippen LogP contribution in [0.2, 0.25) is 0 Å². The highest BCUT2D eigenvalue weighted by Crippen LogP contribution is 2.49. The Bertz CT molecular complexity index is 828. The van der Waals surface area contributed by atoms with Crippen LogP contribution < -0.4 is 5.32 Å². The van der Waals surface area contributed by atoms with E-state index >= 15 is 0 Å². The lowest BCUT2D eigenvalue weighted by atomic mass is 9.84. The number of hydrogen-bond donors (Lipinski definition) is 1. The third kappa shape index (κ3) is 2.75. The fraction of sp³-hybridized carbons (Fsp3) is 0.250. The number of allylic oxidation sites excluding steroid dienone is 1. The zero-order valence-electron chi connectivity index (χ0n) is 13.4. The fourth-order valence-corrected chi connectivity index (χ4v) is 4.78. The van der Waals surface area contributed by atoms with Gasteiger partial charge in [-0.3, -0.25) is 4.79 Å². The molecule has 1 N–H and O–H groups in total. The summed E-state index contributed by atoms with van der Waals surface area (Å²) in [7, 11) is 0.